The Morgan fingerprint density at radius 2 is 2.04 bits per heavy atom. The summed E-state index contributed by atoms with van der Waals surface area (Å²) in [4.78, 5) is 34.5. The van der Waals surface area contributed by atoms with Gasteiger partial charge in [-0.2, -0.15) is 0 Å². The highest BCUT2D eigenvalue weighted by Gasteiger charge is 2.31. The van der Waals surface area contributed by atoms with Crippen molar-refractivity contribution in [3.8, 4) is 5.75 Å². The molecule has 0 spiro atoms. The number of benzene rings is 1. The van der Waals surface area contributed by atoms with Crippen LogP contribution in [0.4, 0.5) is 5.69 Å². The van der Waals surface area contributed by atoms with Gasteiger partial charge in [-0.25, -0.2) is 4.79 Å². The summed E-state index contributed by atoms with van der Waals surface area (Å²) in [6.07, 6.45) is 3.78. The minimum absolute atomic E-state index is 0.165. The molecular formula is C19H23NO6. The molecule has 1 aromatic carbocycles. The van der Waals surface area contributed by atoms with Gasteiger partial charge in [0, 0.05) is 17.5 Å². The maximum Gasteiger partial charge on any atom is 0.341 e. The summed E-state index contributed by atoms with van der Waals surface area (Å²) >= 11 is 0. The van der Waals surface area contributed by atoms with Crippen LogP contribution < -0.4 is 10.1 Å². The summed E-state index contributed by atoms with van der Waals surface area (Å²) in [7, 11) is 2.91. The first-order valence-electron chi connectivity index (χ1n) is 8.26. The number of esters is 2. The molecule has 1 amide bonds. The molecule has 140 valence electrons. The van der Waals surface area contributed by atoms with Crippen molar-refractivity contribution in [3.05, 3.63) is 33.9 Å². The summed E-state index contributed by atoms with van der Waals surface area (Å²) in [6, 6.07) is 0. The van der Waals surface area contributed by atoms with Crippen molar-refractivity contribution in [2.75, 3.05) is 19.5 Å². The molecule has 7 nitrogen and oxygen atoms in total. The van der Waals surface area contributed by atoms with E-state index < -0.39 is 5.97 Å². The highest BCUT2D eigenvalue weighted by Crippen LogP contribution is 2.41. The first-order chi connectivity index (χ1) is 12.4. The van der Waals surface area contributed by atoms with Gasteiger partial charge in [0.2, 0.25) is 6.41 Å². The number of hydrogen-bond acceptors (Lipinski definition) is 6. The number of methoxy groups -OCH3 is 2. The fourth-order valence-electron chi connectivity index (χ4n) is 3.05. The summed E-state index contributed by atoms with van der Waals surface area (Å²) in [5.74, 6) is -0.110. The van der Waals surface area contributed by atoms with E-state index in [1.807, 2.05) is 19.9 Å². The van der Waals surface area contributed by atoms with Crippen molar-refractivity contribution in [2.24, 2.45) is 0 Å². The largest absolute Gasteiger partial charge is 0.496 e. The number of allylic oxidation sites excluding steroid dienone is 2. The average molecular weight is 361 g/mol. The number of ether oxygens (including phenoxy) is 3. The van der Waals surface area contributed by atoms with E-state index in [-0.39, 0.29) is 12.6 Å². The Morgan fingerprint density at radius 3 is 2.65 bits per heavy atom. The van der Waals surface area contributed by atoms with Crippen LogP contribution in [0.2, 0.25) is 0 Å². The normalized spacial score (nSPS) is 13.1. The van der Waals surface area contributed by atoms with Crippen LogP contribution in [-0.2, 0) is 32.1 Å². The van der Waals surface area contributed by atoms with Crippen LogP contribution >= 0.6 is 0 Å². The van der Waals surface area contributed by atoms with Gasteiger partial charge >= 0.3 is 11.9 Å². The highest BCUT2D eigenvalue weighted by molar-refractivity contribution is 6.03. The summed E-state index contributed by atoms with van der Waals surface area (Å²) in [6.45, 7) is 3.94. The Kier molecular flexibility index (Phi) is 6.38. The topological polar surface area (TPSA) is 90.9 Å². The monoisotopic (exact) mass is 361 g/mol. The number of carbonyl (C=O) groups excluding carboxylic acids is 3. The van der Waals surface area contributed by atoms with Gasteiger partial charge in [0.1, 0.15) is 12.4 Å². The third-order valence-electron chi connectivity index (χ3n) is 4.49. The van der Waals surface area contributed by atoms with Gasteiger partial charge in [0.05, 0.1) is 25.5 Å². The van der Waals surface area contributed by atoms with E-state index >= 15 is 0 Å². The number of carbonyl (C=O) groups is 3. The molecule has 1 aromatic rings. The molecule has 1 aliphatic rings. The summed E-state index contributed by atoms with van der Waals surface area (Å²) < 4.78 is 15.3. The third-order valence-corrected chi connectivity index (χ3v) is 4.49. The van der Waals surface area contributed by atoms with E-state index in [0.717, 1.165) is 16.7 Å². The number of fused-ring (bicyclic) bond motifs is 1. The van der Waals surface area contributed by atoms with Crippen molar-refractivity contribution in [3.63, 3.8) is 0 Å². The lowest BCUT2D eigenvalue weighted by Crippen LogP contribution is -2.10. The third kappa shape index (κ3) is 3.87. The Labute approximate surface area is 152 Å². The number of anilines is 1. The molecule has 0 radical (unpaired) electrons. The first kappa shape index (κ1) is 19.5. The fraction of sp³-hybridized carbons (Fsp3) is 0.421. The molecule has 26 heavy (non-hydrogen) atoms. The number of hydrogen-bond donors (Lipinski definition) is 1. The van der Waals surface area contributed by atoms with Crippen molar-refractivity contribution in [1.82, 2.24) is 0 Å². The zero-order valence-corrected chi connectivity index (χ0v) is 15.4. The zero-order valence-electron chi connectivity index (χ0n) is 15.4. The molecule has 0 aliphatic carbocycles. The van der Waals surface area contributed by atoms with Crippen molar-refractivity contribution in [1.29, 1.82) is 0 Å². The van der Waals surface area contributed by atoms with Gasteiger partial charge < -0.3 is 19.5 Å². The zero-order chi connectivity index (χ0) is 19.3. The van der Waals surface area contributed by atoms with Crippen LogP contribution in [-0.4, -0.2) is 32.6 Å². The minimum Gasteiger partial charge on any atom is -0.496 e. The molecule has 1 N–H and O–H groups in total. The van der Waals surface area contributed by atoms with E-state index in [1.165, 1.54) is 7.11 Å². The van der Waals surface area contributed by atoms with Crippen LogP contribution in [0.25, 0.3) is 0 Å². The fourth-order valence-corrected chi connectivity index (χ4v) is 3.05. The van der Waals surface area contributed by atoms with Crippen LogP contribution in [0.5, 0.6) is 5.75 Å². The van der Waals surface area contributed by atoms with E-state index in [4.69, 9.17) is 9.47 Å². The second-order valence-corrected chi connectivity index (χ2v) is 6.03. The van der Waals surface area contributed by atoms with Gasteiger partial charge in [-0.1, -0.05) is 11.6 Å². The van der Waals surface area contributed by atoms with Crippen LogP contribution in [0, 0.1) is 6.92 Å². The second-order valence-electron chi connectivity index (χ2n) is 6.03. The lowest BCUT2D eigenvalue weighted by atomic mass is 9.93. The van der Waals surface area contributed by atoms with Crippen molar-refractivity contribution >= 4 is 24.0 Å². The van der Waals surface area contributed by atoms with Crippen molar-refractivity contribution < 1.29 is 28.6 Å². The quantitative estimate of drug-likeness (QED) is 0.435. The van der Waals surface area contributed by atoms with E-state index in [9.17, 15) is 14.4 Å². The van der Waals surface area contributed by atoms with E-state index in [1.54, 1.807) is 7.11 Å². The van der Waals surface area contributed by atoms with Gasteiger partial charge in [0.25, 0.3) is 0 Å². The van der Waals surface area contributed by atoms with Crippen LogP contribution in [0.15, 0.2) is 11.6 Å². The number of amides is 1. The maximum atomic E-state index is 12.1. The molecule has 7 heteroatoms. The molecular weight excluding hydrogens is 338 g/mol. The SMILES string of the molecule is COC(=O)CC/C(C)=C/Cc1c(NC=O)c2c(c(C)c1OC)COC2=O. The van der Waals surface area contributed by atoms with Gasteiger partial charge in [0.15, 0.2) is 0 Å². The molecule has 0 saturated heterocycles. The Bertz CT molecular complexity index is 766. The summed E-state index contributed by atoms with van der Waals surface area (Å²) in [5, 5.41) is 2.63. The first-order valence-corrected chi connectivity index (χ1v) is 8.26. The summed E-state index contributed by atoms with van der Waals surface area (Å²) in [5.41, 5.74) is 4.04. The Hall–Kier alpha value is -2.83. The van der Waals surface area contributed by atoms with E-state index in [2.05, 4.69) is 10.1 Å². The van der Waals surface area contributed by atoms with Crippen LogP contribution in [0.1, 0.15) is 46.8 Å². The Morgan fingerprint density at radius 1 is 1.31 bits per heavy atom. The lowest BCUT2D eigenvalue weighted by Gasteiger charge is -2.18. The standard InChI is InChI=1S/C19H23NO6/c1-11(6-8-15(22)24-3)5-7-13-17(20-10-21)16-14(9-26-19(16)23)12(2)18(13)25-4/h5,10H,6-9H2,1-4H3,(H,20,21)/b11-5+. The molecule has 0 fully saturated rings. The number of rotatable bonds is 8. The molecule has 0 saturated carbocycles. The van der Waals surface area contributed by atoms with Gasteiger partial charge in [-0.15, -0.1) is 0 Å². The number of cyclic esters (lactones) is 1. The molecule has 0 unspecified atom stereocenters. The molecule has 2 rings (SSSR count). The Balaban J connectivity index is 2.42. The average Bonchev–Trinajstić information content (AvgIpc) is 3.02. The van der Waals surface area contributed by atoms with E-state index in [0.29, 0.717) is 48.2 Å². The smallest absolute Gasteiger partial charge is 0.341 e. The van der Waals surface area contributed by atoms with Crippen LogP contribution in [0.3, 0.4) is 0 Å². The molecule has 0 atom stereocenters. The van der Waals surface area contributed by atoms with Crippen molar-refractivity contribution in [2.45, 2.75) is 39.7 Å². The molecule has 1 heterocycles. The van der Waals surface area contributed by atoms with Gasteiger partial charge in [-0.3, -0.25) is 9.59 Å². The highest BCUT2D eigenvalue weighted by atomic mass is 16.5. The second kappa shape index (κ2) is 8.51. The number of nitrogens with one attached hydrogen (secondary N) is 1. The predicted molar refractivity (Wildman–Crippen MR) is 95.2 cm³/mol. The predicted octanol–water partition coefficient (Wildman–Crippen LogP) is 2.68. The minimum atomic E-state index is -0.456. The lowest BCUT2D eigenvalue weighted by molar-refractivity contribution is -0.140. The maximum absolute atomic E-state index is 12.1. The molecule has 0 bridgehead atoms. The molecule has 1 aliphatic heterocycles. The van der Waals surface area contributed by atoms with Gasteiger partial charge in [-0.05, 0) is 32.3 Å². The molecule has 0 aromatic heterocycles.